The molecule has 5 heteroatoms. The molecule has 0 bridgehead atoms. The lowest BCUT2D eigenvalue weighted by molar-refractivity contribution is 0.460. The maximum absolute atomic E-state index is 6.02. The standard InChI is InChI=1S/C11H12BrN3S/c12-8-6-14-15(11(8)13)9-2-1-3-10-7(9)4-5-16-10/h4-6,9H,1-3,13H2. The molecule has 16 heavy (non-hydrogen) atoms. The zero-order valence-electron chi connectivity index (χ0n) is 8.69. The molecular weight excluding hydrogens is 286 g/mol. The zero-order chi connectivity index (χ0) is 11.1. The van der Waals surface area contributed by atoms with Crippen molar-refractivity contribution in [2.24, 2.45) is 0 Å². The van der Waals surface area contributed by atoms with E-state index >= 15 is 0 Å². The monoisotopic (exact) mass is 297 g/mol. The molecule has 1 aliphatic rings. The third-order valence-electron chi connectivity index (χ3n) is 3.10. The Hall–Kier alpha value is -0.810. The number of rotatable bonds is 1. The van der Waals surface area contributed by atoms with Gasteiger partial charge in [0, 0.05) is 4.88 Å². The molecule has 0 aromatic carbocycles. The van der Waals surface area contributed by atoms with Gasteiger partial charge in [-0.15, -0.1) is 11.3 Å². The van der Waals surface area contributed by atoms with E-state index in [1.165, 1.54) is 23.3 Å². The summed E-state index contributed by atoms with van der Waals surface area (Å²) in [4.78, 5) is 1.49. The van der Waals surface area contributed by atoms with Crippen LogP contribution in [0.5, 0.6) is 0 Å². The number of fused-ring (bicyclic) bond motifs is 1. The van der Waals surface area contributed by atoms with Gasteiger partial charge in [0.1, 0.15) is 5.82 Å². The van der Waals surface area contributed by atoms with E-state index in [1.54, 1.807) is 6.20 Å². The molecule has 2 heterocycles. The third-order valence-corrected chi connectivity index (χ3v) is 4.71. The fourth-order valence-corrected chi connectivity index (χ4v) is 3.57. The Bertz CT molecular complexity index is 517. The number of thiophene rings is 1. The topological polar surface area (TPSA) is 43.8 Å². The highest BCUT2D eigenvalue weighted by molar-refractivity contribution is 9.10. The summed E-state index contributed by atoms with van der Waals surface area (Å²) in [5.41, 5.74) is 7.42. The summed E-state index contributed by atoms with van der Waals surface area (Å²) < 4.78 is 2.82. The van der Waals surface area contributed by atoms with Crippen LogP contribution in [0.2, 0.25) is 0 Å². The Labute approximate surface area is 106 Å². The lowest BCUT2D eigenvalue weighted by Gasteiger charge is -2.23. The van der Waals surface area contributed by atoms with Crippen molar-refractivity contribution in [2.75, 3.05) is 5.73 Å². The third kappa shape index (κ3) is 1.50. The van der Waals surface area contributed by atoms with Crippen LogP contribution in [0.4, 0.5) is 5.82 Å². The van der Waals surface area contributed by atoms with E-state index in [0.717, 1.165) is 16.7 Å². The normalized spacial score (nSPS) is 19.7. The first-order chi connectivity index (χ1) is 7.77. The molecule has 0 saturated heterocycles. The summed E-state index contributed by atoms with van der Waals surface area (Å²) in [5, 5.41) is 6.53. The minimum atomic E-state index is 0.321. The van der Waals surface area contributed by atoms with Gasteiger partial charge in [-0.3, -0.25) is 0 Å². The Kier molecular flexibility index (Phi) is 2.52. The van der Waals surface area contributed by atoms with Gasteiger partial charge in [0.25, 0.3) is 0 Å². The lowest BCUT2D eigenvalue weighted by Crippen LogP contribution is -2.18. The van der Waals surface area contributed by atoms with E-state index in [9.17, 15) is 0 Å². The van der Waals surface area contributed by atoms with E-state index in [4.69, 9.17) is 5.73 Å². The van der Waals surface area contributed by atoms with Crippen LogP contribution >= 0.6 is 27.3 Å². The molecule has 2 aromatic rings. The molecule has 2 aromatic heterocycles. The van der Waals surface area contributed by atoms with Gasteiger partial charge >= 0.3 is 0 Å². The summed E-state index contributed by atoms with van der Waals surface area (Å²) in [7, 11) is 0. The molecule has 2 N–H and O–H groups in total. The van der Waals surface area contributed by atoms with Crippen LogP contribution in [0.3, 0.4) is 0 Å². The molecule has 84 valence electrons. The molecule has 0 aliphatic heterocycles. The molecule has 3 nitrogen and oxygen atoms in total. The van der Waals surface area contributed by atoms with Crippen molar-refractivity contribution in [2.45, 2.75) is 25.3 Å². The summed E-state index contributed by atoms with van der Waals surface area (Å²) in [6.45, 7) is 0. The van der Waals surface area contributed by atoms with E-state index in [0.29, 0.717) is 6.04 Å². The second-order valence-corrected chi connectivity index (χ2v) is 5.88. The van der Waals surface area contributed by atoms with Crippen LogP contribution in [-0.4, -0.2) is 9.78 Å². The average Bonchev–Trinajstić information content (AvgIpc) is 2.87. The van der Waals surface area contributed by atoms with E-state index < -0.39 is 0 Å². The number of aryl methyl sites for hydroxylation is 1. The van der Waals surface area contributed by atoms with Crippen LogP contribution in [0.25, 0.3) is 0 Å². The first-order valence-electron chi connectivity index (χ1n) is 5.32. The van der Waals surface area contributed by atoms with E-state index in [2.05, 4.69) is 32.5 Å². The van der Waals surface area contributed by atoms with Gasteiger partial charge in [0.15, 0.2) is 0 Å². The number of halogens is 1. The van der Waals surface area contributed by atoms with Crippen molar-refractivity contribution in [3.05, 3.63) is 32.6 Å². The quantitative estimate of drug-likeness (QED) is 0.878. The number of anilines is 1. The number of hydrogen-bond acceptors (Lipinski definition) is 3. The molecule has 3 rings (SSSR count). The second kappa shape index (κ2) is 3.89. The highest BCUT2D eigenvalue weighted by Crippen LogP contribution is 2.37. The minimum absolute atomic E-state index is 0.321. The fourth-order valence-electron chi connectivity index (χ4n) is 2.32. The Morgan fingerprint density at radius 2 is 2.44 bits per heavy atom. The minimum Gasteiger partial charge on any atom is -0.383 e. The van der Waals surface area contributed by atoms with Gasteiger partial charge in [0.05, 0.1) is 16.7 Å². The number of nitrogens with two attached hydrogens (primary N) is 1. The van der Waals surface area contributed by atoms with Crippen LogP contribution < -0.4 is 5.73 Å². The van der Waals surface area contributed by atoms with Crippen molar-refractivity contribution in [3.63, 3.8) is 0 Å². The van der Waals surface area contributed by atoms with Crippen molar-refractivity contribution in [1.82, 2.24) is 9.78 Å². The smallest absolute Gasteiger partial charge is 0.136 e. The first-order valence-corrected chi connectivity index (χ1v) is 6.99. The molecule has 1 aliphatic carbocycles. The maximum Gasteiger partial charge on any atom is 0.136 e. The van der Waals surface area contributed by atoms with Gasteiger partial charge < -0.3 is 5.73 Å². The van der Waals surface area contributed by atoms with Crippen molar-refractivity contribution in [3.8, 4) is 0 Å². The molecule has 0 radical (unpaired) electrons. The van der Waals surface area contributed by atoms with Gasteiger partial charge in [-0.1, -0.05) is 0 Å². The van der Waals surface area contributed by atoms with E-state index in [-0.39, 0.29) is 0 Å². The van der Waals surface area contributed by atoms with Gasteiger partial charge in [0.2, 0.25) is 0 Å². The predicted octanol–water partition coefficient (Wildman–Crippen LogP) is 3.22. The first kappa shape index (κ1) is 10.4. The van der Waals surface area contributed by atoms with Crippen LogP contribution in [0, 0.1) is 0 Å². The van der Waals surface area contributed by atoms with E-state index in [1.807, 2.05) is 16.0 Å². The van der Waals surface area contributed by atoms with Gasteiger partial charge in [-0.05, 0) is 52.2 Å². The predicted molar refractivity (Wildman–Crippen MR) is 69.7 cm³/mol. The largest absolute Gasteiger partial charge is 0.383 e. The molecule has 0 fully saturated rings. The molecule has 1 atom stereocenters. The van der Waals surface area contributed by atoms with Crippen molar-refractivity contribution < 1.29 is 0 Å². The lowest BCUT2D eigenvalue weighted by atomic mass is 9.94. The number of hydrogen-bond donors (Lipinski definition) is 1. The van der Waals surface area contributed by atoms with Gasteiger partial charge in [-0.25, -0.2) is 4.68 Å². The van der Waals surface area contributed by atoms with Crippen LogP contribution in [0.15, 0.2) is 22.1 Å². The molecule has 1 unspecified atom stereocenters. The summed E-state index contributed by atoms with van der Waals surface area (Å²) in [6, 6.07) is 2.53. The Morgan fingerprint density at radius 1 is 1.56 bits per heavy atom. The average molecular weight is 298 g/mol. The summed E-state index contributed by atoms with van der Waals surface area (Å²) >= 11 is 5.25. The zero-order valence-corrected chi connectivity index (χ0v) is 11.1. The molecule has 0 amide bonds. The van der Waals surface area contributed by atoms with Crippen LogP contribution in [0.1, 0.15) is 29.3 Å². The highest BCUT2D eigenvalue weighted by Gasteiger charge is 2.25. The number of aromatic nitrogens is 2. The molecule has 0 saturated carbocycles. The summed E-state index contributed by atoms with van der Waals surface area (Å²) in [5.74, 6) is 0.726. The second-order valence-electron chi connectivity index (χ2n) is 4.03. The van der Waals surface area contributed by atoms with Crippen LogP contribution in [-0.2, 0) is 6.42 Å². The van der Waals surface area contributed by atoms with Crippen molar-refractivity contribution in [1.29, 1.82) is 0 Å². The maximum atomic E-state index is 6.02. The Morgan fingerprint density at radius 3 is 3.19 bits per heavy atom. The Balaban J connectivity index is 2.07. The number of nitrogen functional groups attached to an aromatic ring is 1. The number of nitrogens with zero attached hydrogens (tertiary/aromatic N) is 2. The van der Waals surface area contributed by atoms with Crippen molar-refractivity contribution >= 4 is 33.1 Å². The van der Waals surface area contributed by atoms with Gasteiger partial charge in [-0.2, -0.15) is 5.10 Å². The SMILES string of the molecule is Nc1c(Br)cnn1C1CCCc2sccc21. The fraction of sp³-hybridized carbons (Fsp3) is 0.364. The molecular formula is C11H12BrN3S. The summed E-state index contributed by atoms with van der Waals surface area (Å²) in [6.07, 6.45) is 5.32. The molecule has 0 spiro atoms. The highest BCUT2D eigenvalue weighted by atomic mass is 79.9.